The lowest BCUT2D eigenvalue weighted by molar-refractivity contribution is -0.138. The molecule has 6 rings (SSSR count). The Bertz CT molecular complexity index is 4010. The van der Waals surface area contributed by atoms with Gasteiger partial charge in [0.25, 0.3) is 11.8 Å². The molecule has 0 aliphatic carbocycles. The molecule has 0 saturated carbocycles. The van der Waals surface area contributed by atoms with Crippen LogP contribution in [0.3, 0.4) is 0 Å². The number of fused-ring (bicyclic) bond motifs is 2. The largest absolute Gasteiger partial charge is 0.330 e. The molecule has 11 nitrogen and oxygen atoms in total. The summed E-state index contributed by atoms with van der Waals surface area (Å²) in [4.78, 5) is 75.3. The molecule has 2 unspecified atom stereocenters. The Morgan fingerprint density at radius 1 is 0.525 bits per heavy atom. The number of benzene rings is 2. The van der Waals surface area contributed by atoms with Crippen molar-refractivity contribution in [1.82, 2.24) is 20.4 Å². The highest BCUT2D eigenvalue weighted by Crippen LogP contribution is 2.31. The van der Waals surface area contributed by atoms with Crippen molar-refractivity contribution in [2.45, 2.75) is 110 Å². The van der Waals surface area contributed by atoms with Gasteiger partial charge in [-0.1, -0.05) is 57.2 Å². The maximum atomic E-state index is 12.7. The molecule has 0 spiro atoms. The van der Waals surface area contributed by atoms with Gasteiger partial charge in [-0.25, -0.2) is 0 Å². The maximum Gasteiger partial charge on any atom is 0.255 e. The smallest absolute Gasteiger partial charge is 0.255 e. The normalized spacial score (nSPS) is 14.9. The van der Waals surface area contributed by atoms with E-state index < -0.39 is 12.1 Å². The Balaban J connectivity index is 0.000000316. The quantitative estimate of drug-likeness (QED) is 0.194. The molecule has 0 bridgehead atoms. The Morgan fingerprint density at radius 3 is 1.30 bits per heavy atom. The second-order valence-electron chi connectivity index (χ2n) is 14.6. The van der Waals surface area contributed by atoms with Crippen LogP contribution in [0.1, 0.15) is 122 Å². The number of nitrogens with one attached hydrogen (secondary N) is 2. The van der Waals surface area contributed by atoms with E-state index in [1.54, 1.807) is 122 Å². The molecule has 0 aromatic heterocycles. The highest BCUT2D eigenvalue weighted by Gasteiger charge is 2.41. The van der Waals surface area contributed by atoms with Gasteiger partial charge in [0.05, 0.1) is 0 Å². The molecule has 4 aliphatic rings. The molecule has 446 valence electrons. The van der Waals surface area contributed by atoms with Crippen LogP contribution in [0.4, 0.5) is 0 Å². The average Bonchev–Trinajstić information content (AvgIpc) is 4.03. The van der Waals surface area contributed by atoms with E-state index in [-0.39, 0.29) is 55.7 Å². The van der Waals surface area contributed by atoms with Gasteiger partial charge >= 0.3 is 0 Å². The van der Waals surface area contributed by atoms with Gasteiger partial charge in [0.15, 0.2) is 0 Å². The lowest BCUT2D eigenvalue weighted by Crippen LogP contribution is -2.52. The molecule has 0 radical (unpaired) electrons. The van der Waals surface area contributed by atoms with Crippen LogP contribution in [0.15, 0.2) is 36.4 Å². The topological polar surface area (TPSA) is 159 Å². The summed E-state index contributed by atoms with van der Waals surface area (Å²) in [6.07, 6.45) is 8.36. The van der Waals surface area contributed by atoms with Crippen LogP contribution in [0.5, 0.6) is 0 Å². The van der Waals surface area contributed by atoms with E-state index in [1.165, 1.54) is 23.3 Å². The molecule has 2 aromatic carbocycles. The van der Waals surface area contributed by atoms with Crippen LogP contribution >= 0.6 is 0 Å². The molecular weight excluding hydrogens is 1620 g/mol. The lowest BCUT2D eigenvalue weighted by Gasteiger charge is -2.29. The van der Waals surface area contributed by atoms with Crippen molar-refractivity contribution in [3.05, 3.63) is 69.8 Å². The summed E-state index contributed by atoms with van der Waals surface area (Å²) >= 11 is 9.58. The average molecular weight is 1660 g/mol. The molecule has 2 atom stereocenters. The number of hydrogen-bond acceptors (Lipinski definition) is 9. The number of piperidine rings is 2. The third kappa shape index (κ3) is 30.5. The molecule has 80 heavy (non-hydrogen) atoms. The first-order valence-electron chi connectivity index (χ1n) is 21.9. The van der Waals surface area contributed by atoms with E-state index in [2.05, 4.69) is 35.5 Å². The first-order valence-corrected chi connectivity index (χ1v) is 61.9. The fraction of sp³-hybridized carbons (Fsp3) is 0.474. The molecular formula is C38H47N5O6S31. The van der Waals surface area contributed by atoms with Crippen molar-refractivity contribution < 1.29 is 28.8 Å². The van der Waals surface area contributed by atoms with Crippen molar-refractivity contribution >= 4 is 315 Å². The number of carbonyl (C=O) groups is 6. The van der Waals surface area contributed by atoms with Gasteiger partial charge in [-0.15, -0.1) is 0 Å². The van der Waals surface area contributed by atoms with Crippen LogP contribution in [-0.4, -0.2) is 63.9 Å². The van der Waals surface area contributed by atoms with Crippen LogP contribution in [0, 0.1) is 11.8 Å². The molecule has 4 heterocycles. The predicted octanol–water partition coefficient (Wildman–Crippen LogP) is 3.67. The number of nitrogens with two attached hydrogens (primary N) is 1. The summed E-state index contributed by atoms with van der Waals surface area (Å²) in [7, 11) is 50.9. The lowest BCUT2D eigenvalue weighted by atomic mass is 9.98. The minimum atomic E-state index is -0.580. The standard InChI is InChI=1S/C19H20N2O3.C18H23N3O3.CH4.S31/c1-2-3-4-5-7-13-8-6-9-14-15(13)12-21(19(14)24)16-10-11-17(22)20-18(16)23;19-10-3-1-2-5-12-6-4-7-13-14(12)11-21(18(13)24)15-8-9-16(22)20-17(15)23;;1-3-5-7-9-11-13-15-17-19-21-23-25-27-29-31-30-28-26-24-22-20-18-16-14-12-10-8-6-4-2/h6,8-9,16H,2-4,10-12H2,1H3,(H,20,22,23);4,6-7,15H,1-3,5,8-11,19H2,(H,20,22,23);1H4;. The summed E-state index contributed by atoms with van der Waals surface area (Å²) < 4.78 is 0. The van der Waals surface area contributed by atoms with Crippen LogP contribution in [-0.2, 0) is 319 Å². The van der Waals surface area contributed by atoms with Crippen molar-refractivity contribution in [3.63, 3.8) is 0 Å². The van der Waals surface area contributed by atoms with Gasteiger partial charge < -0.3 is 15.5 Å². The summed E-state index contributed by atoms with van der Waals surface area (Å²) in [6, 6.07) is 10.2. The molecule has 2 saturated heterocycles. The van der Waals surface area contributed by atoms with Crippen LogP contribution < -0.4 is 16.4 Å². The second-order valence-corrected chi connectivity index (χ2v) is 65.9. The van der Waals surface area contributed by atoms with Crippen molar-refractivity contribution in [2.24, 2.45) is 5.73 Å². The minimum absolute atomic E-state index is 0. The molecule has 2 fully saturated rings. The number of hydrogen-bond donors (Lipinski definition) is 3. The minimum Gasteiger partial charge on any atom is -0.330 e. The summed E-state index contributed by atoms with van der Waals surface area (Å²) in [5.74, 6) is 4.76. The Morgan fingerprint density at radius 2 is 0.912 bits per heavy atom. The number of unbranched alkanes of at least 4 members (excludes halogenated alkanes) is 4. The van der Waals surface area contributed by atoms with Gasteiger partial charge in [0.1, 0.15) is 12.1 Å². The highest BCUT2D eigenvalue weighted by molar-refractivity contribution is 8.80. The predicted molar refractivity (Wildman–Crippen MR) is 413 cm³/mol. The maximum absolute atomic E-state index is 12.7. The molecule has 42 heteroatoms. The van der Waals surface area contributed by atoms with Crippen molar-refractivity contribution in [3.8, 4) is 11.8 Å². The third-order valence-electron chi connectivity index (χ3n) is 10.1. The summed E-state index contributed by atoms with van der Waals surface area (Å²) in [6.45, 7) is 3.65. The van der Waals surface area contributed by atoms with Gasteiger partial charge in [-0.2, -0.15) is 0 Å². The van der Waals surface area contributed by atoms with E-state index in [9.17, 15) is 28.8 Å². The molecule has 2 aromatic rings. The van der Waals surface area contributed by atoms with Gasteiger partial charge in [0.2, 0.25) is 23.6 Å². The first kappa shape index (κ1) is 76.2. The number of nitrogens with zero attached hydrogens (tertiary/aromatic N) is 2. The SMILES string of the molecule is C.CCCCC#Cc1cccc2c1CN(C1CCC(=O)NC1=O)C2=O.NCCCCCc1cccc2c1CN(C1CCC(=O)NC1=O)C2=O.S=S=S=S=S=S=S=S=S=S=S=S=S=S=S=S=S=S=S=S=S=S=S=S=S=S=S=S=S=S=S. The van der Waals surface area contributed by atoms with Crippen molar-refractivity contribution in [2.75, 3.05) is 6.54 Å². The summed E-state index contributed by atoms with van der Waals surface area (Å²) in [5.41, 5.74) is 10.8. The molecule has 6 amide bonds. The Hall–Kier alpha value is 2.00. The van der Waals surface area contributed by atoms with E-state index >= 15 is 0 Å². The number of carbonyl (C=O) groups excluding carboxylic acids is 6. The van der Waals surface area contributed by atoms with Crippen LogP contribution in [0.25, 0.3) is 0 Å². The Labute approximate surface area is 558 Å². The summed E-state index contributed by atoms with van der Waals surface area (Å²) in [5, 5.41) is 4.65. The van der Waals surface area contributed by atoms with Crippen molar-refractivity contribution in [1.29, 1.82) is 0 Å². The number of amides is 6. The number of rotatable bonds is 9. The van der Waals surface area contributed by atoms with Gasteiger partial charge in [-0.05, 0) is 80.0 Å². The van der Waals surface area contributed by atoms with E-state index in [0.29, 0.717) is 43.6 Å². The van der Waals surface area contributed by atoms with Crippen LogP contribution in [0.2, 0.25) is 0 Å². The second kappa shape index (κ2) is 48.9. The first-order chi connectivity index (χ1) is 38.6. The van der Waals surface area contributed by atoms with E-state index in [4.69, 9.17) is 28.1 Å². The third-order valence-corrected chi connectivity index (χ3v) is 72.3. The zero-order valence-corrected chi connectivity index (χ0v) is 65.4. The Kier molecular flexibility index (Phi) is 46.6. The fourth-order valence-electron chi connectivity index (χ4n) is 6.95. The zero-order valence-electron chi connectivity index (χ0n) is 40.1. The van der Waals surface area contributed by atoms with Gasteiger partial charge in [0, 0.05) is 329 Å². The zero-order chi connectivity index (χ0) is 56.7. The molecule has 4 aliphatic heterocycles. The van der Waals surface area contributed by atoms with E-state index in [0.717, 1.165) is 61.6 Å². The highest BCUT2D eigenvalue weighted by atomic mass is 33.5. The number of aryl methyl sites for hydroxylation is 1. The fourth-order valence-corrected chi connectivity index (χ4v) is 81.0. The molecule has 4 N–H and O–H groups in total. The van der Waals surface area contributed by atoms with Gasteiger partial charge in [-0.3, -0.25) is 39.4 Å². The monoisotopic (exact) mass is 1660 g/mol. The van der Waals surface area contributed by atoms with E-state index in [1.807, 2.05) is 157 Å². The number of imide groups is 2.